The number of halogens is 2. The van der Waals surface area contributed by atoms with Gasteiger partial charge in [0.05, 0.1) is 7.11 Å². The first-order valence-corrected chi connectivity index (χ1v) is 7.36. The van der Waals surface area contributed by atoms with Crippen LogP contribution in [0.2, 0.25) is 0 Å². The second-order valence-electron chi connectivity index (χ2n) is 5.62. The van der Waals surface area contributed by atoms with Gasteiger partial charge in [0.15, 0.2) is 17.7 Å². The maximum absolute atomic E-state index is 14.1. The zero-order valence-corrected chi connectivity index (χ0v) is 12.7. The third-order valence-corrected chi connectivity index (χ3v) is 4.49. The predicted octanol–water partition coefficient (Wildman–Crippen LogP) is 2.98. The van der Waals surface area contributed by atoms with E-state index in [0.29, 0.717) is 11.1 Å². The van der Waals surface area contributed by atoms with E-state index in [4.69, 9.17) is 4.74 Å². The Kier molecular flexibility index (Phi) is 4.07. The molecule has 0 fully saturated rings. The van der Waals surface area contributed by atoms with Gasteiger partial charge in [0.2, 0.25) is 0 Å². The van der Waals surface area contributed by atoms with Gasteiger partial charge in [-0.1, -0.05) is 4.40 Å². The first-order valence-electron chi connectivity index (χ1n) is 6.26. The van der Waals surface area contributed by atoms with E-state index in [1.807, 2.05) is 0 Å². The molecule has 0 radical (unpaired) electrons. The molecule has 110 valence electrons. The van der Waals surface area contributed by atoms with E-state index in [-0.39, 0.29) is 17.9 Å². The van der Waals surface area contributed by atoms with Crippen molar-refractivity contribution in [1.82, 2.24) is 0 Å². The quantitative estimate of drug-likeness (QED) is 0.788. The average molecular weight is 301 g/mol. The highest BCUT2D eigenvalue weighted by atomic mass is 32.2. The molecule has 1 unspecified atom stereocenters. The summed E-state index contributed by atoms with van der Waals surface area (Å²) in [5.74, 6) is -0.492. The molecule has 0 N–H and O–H groups in total. The molecule has 0 heterocycles. The van der Waals surface area contributed by atoms with Crippen LogP contribution in [0.15, 0.2) is 16.5 Å². The largest absolute Gasteiger partial charge is 0.591 e. The summed E-state index contributed by atoms with van der Waals surface area (Å²) < 4.78 is 48.2. The number of methoxy groups -OCH3 is 1. The Bertz CT molecular complexity index is 555. The Morgan fingerprint density at radius 3 is 2.60 bits per heavy atom. The maximum Gasteiger partial charge on any atom is 0.165 e. The fraction of sp³-hybridized carbons (Fsp3) is 0.500. The average Bonchev–Trinajstić information content (AvgIpc) is 2.65. The summed E-state index contributed by atoms with van der Waals surface area (Å²) in [6.07, 6.45) is -1.39. The minimum atomic E-state index is -1.56. The summed E-state index contributed by atoms with van der Waals surface area (Å²) in [7, 11) is 1.34. The minimum Gasteiger partial charge on any atom is -0.591 e. The molecule has 1 aliphatic rings. The van der Waals surface area contributed by atoms with Crippen LogP contribution < -0.4 is 4.74 Å². The summed E-state index contributed by atoms with van der Waals surface area (Å²) in [5, 5.41) is 0. The third-order valence-electron chi connectivity index (χ3n) is 3.08. The molecular formula is C14H17F2NO2S. The van der Waals surface area contributed by atoms with Crippen LogP contribution in [0, 0.1) is 5.82 Å². The number of fused-ring (bicyclic) bond motifs is 1. The highest BCUT2D eigenvalue weighted by Crippen LogP contribution is 2.35. The van der Waals surface area contributed by atoms with Crippen molar-refractivity contribution in [2.45, 2.75) is 38.1 Å². The lowest BCUT2D eigenvalue weighted by molar-refractivity contribution is 0.375. The van der Waals surface area contributed by atoms with Crippen molar-refractivity contribution >= 4 is 17.1 Å². The van der Waals surface area contributed by atoms with Crippen molar-refractivity contribution in [2.75, 3.05) is 7.11 Å². The molecule has 1 aromatic rings. The number of hydrogen-bond donors (Lipinski definition) is 0. The zero-order chi connectivity index (χ0) is 15.1. The molecule has 2 rings (SSSR count). The second-order valence-corrected chi connectivity index (χ2v) is 7.52. The summed E-state index contributed by atoms with van der Waals surface area (Å²) in [4.78, 5) is 0. The molecule has 0 amide bonds. The van der Waals surface area contributed by atoms with Gasteiger partial charge < -0.3 is 9.29 Å². The molecule has 0 aliphatic heterocycles. The van der Waals surface area contributed by atoms with Crippen molar-refractivity contribution < 1.29 is 18.1 Å². The molecule has 1 aliphatic carbocycles. The summed E-state index contributed by atoms with van der Waals surface area (Å²) in [6, 6.07) is 2.68. The standard InChI is InChI=1S/C14H17F2NO2S/c1-14(2,3)20(18)17-12-8-5-6-10(15)13(19-4)9(8)7-11(12)16/h5-6,11H,7H2,1-4H3/t11-,20?/m1/s1. The lowest BCUT2D eigenvalue weighted by atomic mass is 10.1. The molecular weight excluding hydrogens is 284 g/mol. The Morgan fingerprint density at radius 1 is 1.40 bits per heavy atom. The van der Waals surface area contributed by atoms with Gasteiger partial charge in [-0.15, -0.1) is 0 Å². The van der Waals surface area contributed by atoms with Crippen LogP contribution in [0.4, 0.5) is 8.78 Å². The Labute approximate surface area is 120 Å². The van der Waals surface area contributed by atoms with E-state index >= 15 is 0 Å². The van der Waals surface area contributed by atoms with Crippen LogP contribution in [0.3, 0.4) is 0 Å². The predicted molar refractivity (Wildman–Crippen MR) is 76.0 cm³/mol. The van der Waals surface area contributed by atoms with Crippen LogP contribution in [0.25, 0.3) is 0 Å². The fourth-order valence-electron chi connectivity index (χ4n) is 2.04. The number of rotatable bonds is 2. The maximum atomic E-state index is 14.1. The number of hydrogen-bond acceptors (Lipinski definition) is 3. The first-order chi connectivity index (χ1) is 9.25. The van der Waals surface area contributed by atoms with Gasteiger partial charge in [-0.05, 0) is 32.9 Å². The van der Waals surface area contributed by atoms with Gasteiger partial charge in [-0.2, -0.15) is 0 Å². The molecule has 20 heavy (non-hydrogen) atoms. The molecule has 0 saturated heterocycles. The smallest absolute Gasteiger partial charge is 0.165 e. The van der Waals surface area contributed by atoms with Crippen molar-refractivity contribution in [3.05, 3.63) is 29.1 Å². The Hall–Kier alpha value is -1.14. The van der Waals surface area contributed by atoms with Gasteiger partial charge in [0.25, 0.3) is 0 Å². The molecule has 2 atom stereocenters. The molecule has 3 nitrogen and oxygen atoms in total. The molecule has 0 bridgehead atoms. The van der Waals surface area contributed by atoms with Gasteiger partial charge in [-0.3, -0.25) is 0 Å². The normalized spacial score (nSPS) is 21.9. The van der Waals surface area contributed by atoms with Crippen LogP contribution in [0.5, 0.6) is 5.75 Å². The van der Waals surface area contributed by atoms with E-state index in [1.54, 1.807) is 20.8 Å². The summed E-state index contributed by atoms with van der Waals surface area (Å²) in [6.45, 7) is 5.30. The molecule has 0 spiro atoms. The van der Waals surface area contributed by atoms with Crippen molar-refractivity contribution in [3.63, 3.8) is 0 Å². The van der Waals surface area contributed by atoms with E-state index in [0.717, 1.165) is 0 Å². The number of ether oxygens (including phenoxy) is 1. The van der Waals surface area contributed by atoms with Crippen LogP contribution in [-0.2, 0) is 17.8 Å². The second kappa shape index (κ2) is 5.33. The summed E-state index contributed by atoms with van der Waals surface area (Å²) >= 11 is -1.56. The SMILES string of the molecule is COc1c(F)ccc2c1C[C@@H](F)C2=N[S+]([O-])C(C)(C)C. The molecule has 6 heteroatoms. The van der Waals surface area contributed by atoms with E-state index < -0.39 is 28.1 Å². The highest BCUT2D eigenvalue weighted by Gasteiger charge is 2.36. The number of nitrogens with zero attached hydrogens (tertiary/aromatic N) is 1. The van der Waals surface area contributed by atoms with Gasteiger partial charge in [0.1, 0.15) is 21.8 Å². The highest BCUT2D eigenvalue weighted by molar-refractivity contribution is 7.91. The van der Waals surface area contributed by atoms with Crippen LogP contribution in [0.1, 0.15) is 31.9 Å². The van der Waals surface area contributed by atoms with E-state index in [9.17, 15) is 13.3 Å². The van der Waals surface area contributed by atoms with Gasteiger partial charge in [0, 0.05) is 17.5 Å². The monoisotopic (exact) mass is 301 g/mol. The van der Waals surface area contributed by atoms with Gasteiger partial charge >= 0.3 is 0 Å². The molecule has 0 saturated carbocycles. The fourth-order valence-corrected chi connectivity index (χ4v) is 2.71. The van der Waals surface area contributed by atoms with Crippen molar-refractivity contribution in [3.8, 4) is 5.75 Å². The zero-order valence-electron chi connectivity index (χ0n) is 11.9. The van der Waals surface area contributed by atoms with Crippen molar-refractivity contribution in [2.24, 2.45) is 4.40 Å². The molecule has 0 aromatic heterocycles. The van der Waals surface area contributed by atoms with Crippen LogP contribution >= 0.6 is 0 Å². The minimum absolute atomic E-state index is 0.00353. The Balaban J connectivity index is 2.49. The van der Waals surface area contributed by atoms with E-state index in [2.05, 4.69) is 4.40 Å². The topological polar surface area (TPSA) is 44.6 Å². The summed E-state index contributed by atoms with van der Waals surface area (Å²) in [5.41, 5.74) is 1.05. The van der Waals surface area contributed by atoms with Crippen molar-refractivity contribution in [1.29, 1.82) is 0 Å². The Morgan fingerprint density at radius 2 is 2.05 bits per heavy atom. The van der Waals surface area contributed by atoms with E-state index in [1.165, 1.54) is 19.2 Å². The number of benzene rings is 1. The lowest BCUT2D eigenvalue weighted by Gasteiger charge is -2.19. The first kappa shape index (κ1) is 15.3. The van der Waals surface area contributed by atoms with Crippen LogP contribution in [-0.4, -0.2) is 28.3 Å². The molecule has 1 aromatic carbocycles. The number of alkyl halides is 1. The van der Waals surface area contributed by atoms with Gasteiger partial charge in [-0.25, -0.2) is 8.78 Å². The lowest BCUT2D eigenvalue weighted by Crippen LogP contribution is -2.28. The third kappa shape index (κ3) is 2.67.